The van der Waals surface area contributed by atoms with Crippen LogP contribution in [0.4, 0.5) is 4.79 Å². The van der Waals surface area contributed by atoms with Crippen LogP contribution in [-0.4, -0.2) is 91.0 Å². The Bertz CT molecular complexity index is 706. The van der Waals surface area contributed by atoms with Gasteiger partial charge in [-0.1, -0.05) is 0 Å². The molecule has 0 spiro atoms. The summed E-state index contributed by atoms with van der Waals surface area (Å²) in [6.45, 7) is 1.70. The highest BCUT2D eigenvalue weighted by atomic mass is 32.3. The van der Waals surface area contributed by atoms with Gasteiger partial charge in [0.15, 0.2) is 0 Å². The Kier molecular flexibility index (Phi) is 6.03. The number of urea groups is 1. The van der Waals surface area contributed by atoms with Gasteiger partial charge in [-0.15, -0.1) is 4.28 Å². The van der Waals surface area contributed by atoms with Gasteiger partial charge in [-0.3, -0.25) is 9.35 Å². The van der Waals surface area contributed by atoms with Crippen LogP contribution in [0.3, 0.4) is 0 Å². The van der Waals surface area contributed by atoms with Gasteiger partial charge < -0.3 is 19.8 Å². The van der Waals surface area contributed by atoms with E-state index in [-0.39, 0.29) is 18.5 Å². The van der Waals surface area contributed by atoms with Gasteiger partial charge in [0.1, 0.15) is 6.04 Å². The molecule has 3 heterocycles. The van der Waals surface area contributed by atoms with Gasteiger partial charge in [0.2, 0.25) is 5.91 Å². The third-order valence-electron chi connectivity index (χ3n) is 5.30. The first-order valence-corrected chi connectivity index (χ1v) is 10.4. The van der Waals surface area contributed by atoms with Crippen molar-refractivity contribution < 1.29 is 31.6 Å². The largest absolute Gasteiger partial charge is 0.418 e. The van der Waals surface area contributed by atoms with Crippen molar-refractivity contribution in [3.8, 4) is 0 Å². The maximum atomic E-state index is 12.7. The van der Waals surface area contributed by atoms with Crippen molar-refractivity contribution in [3.05, 3.63) is 0 Å². The van der Waals surface area contributed by atoms with Crippen LogP contribution in [0.2, 0.25) is 0 Å². The lowest BCUT2D eigenvalue weighted by Crippen LogP contribution is -2.52. The third-order valence-corrected chi connectivity index (χ3v) is 5.65. The highest BCUT2D eigenvalue weighted by Crippen LogP contribution is 2.30. The van der Waals surface area contributed by atoms with Crippen LogP contribution in [0.5, 0.6) is 0 Å². The summed E-state index contributed by atoms with van der Waals surface area (Å²) < 4.78 is 35.0. The number of rotatable bonds is 6. The van der Waals surface area contributed by atoms with Crippen molar-refractivity contribution >= 4 is 35.9 Å². The number of carbonyl (C=O) groups excluding carboxylic acids is 3. The van der Waals surface area contributed by atoms with Crippen LogP contribution >= 0.6 is 0 Å². The van der Waals surface area contributed by atoms with E-state index in [1.807, 2.05) is 4.81 Å². The lowest BCUT2D eigenvalue weighted by atomic mass is 9.94. The van der Waals surface area contributed by atoms with Crippen molar-refractivity contribution in [1.29, 1.82) is 0 Å². The maximum Gasteiger partial charge on any atom is 0.418 e. The fourth-order valence-electron chi connectivity index (χ4n) is 3.99. The quantitative estimate of drug-likeness (QED) is 0.311. The fourth-order valence-corrected chi connectivity index (χ4v) is 4.38. The third kappa shape index (κ3) is 4.78. The van der Waals surface area contributed by atoms with Crippen molar-refractivity contribution in [2.24, 2.45) is 0 Å². The molecule has 3 amide bonds. The Balaban J connectivity index is 1.58. The predicted molar refractivity (Wildman–Crippen MR) is 94.6 cm³/mol. The summed E-state index contributed by atoms with van der Waals surface area (Å²) in [5.41, 5.74) is 0. The van der Waals surface area contributed by atoms with Gasteiger partial charge in [0.05, 0.1) is 12.2 Å². The van der Waals surface area contributed by atoms with Crippen LogP contribution in [0.25, 0.3) is 0 Å². The van der Waals surface area contributed by atoms with Gasteiger partial charge in [-0.25, -0.2) is 4.79 Å². The molecule has 27 heavy (non-hydrogen) atoms. The first-order chi connectivity index (χ1) is 12.8. The normalized spacial score (nSPS) is 29.4. The molecule has 11 nitrogen and oxygen atoms in total. The zero-order valence-corrected chi connectivity index (χ0v) is 15.6. The Morgan fingerprint density at radius 1 is 1.26 bits per heavy atom. The number of nitrogens with one attached hydrogen (secondary N) is 1. The summed E-state index contributed by atoms with van der Waals surface area (Å²) in [6.07, 6.45) is 4.04. The summed E-state index contributed by atoms with van der Waals surface area (Å²) in [6, 6.07) is -1.99. The molecule has 13 heteroatoms. The number of hydrogen-bond donors (Lipinski definition) is 2. The fraction of sp³-hybridized carbons (Fsp3) is 0.786. The van der Waals surface area contributed by atoms with E-state index >= 15 is 0 Å². The predicted octanol–water partition coefficient (Wildman–Crippen LogP) is -1.50. The number of piperidine rings is 1. The molecule has 0 aliphatic carbocycles. The van der Waals surface area contributed by atoms with Gasteiger partial charge in [-0.05, 0) is 45.2 Å². The average Bonchev–Trinajstić information content (AvgIpc) is 2.76. The van der Waals surface area contributed by atoms with Crippen molar-refractivity contribution in [2.75, 3.05) is 19.6 Å². The summed E-state index contributed by atoms with van der Waals surface area (Å²) in [5.74, 6) is -0.274. The van der Waals surface area contributed by atoms with E-state index in [0.717, 1.165) is 38.5 Å². The molecule has 0 saturated carbocycles. The number of amides is 3. The number of hydrogen-bond acceptors (Lipinski definition) is 7. The molecule has 0 aromatic heterocycles. The van der Waals surface area contributed by atoms with Gasteiger partial charge >= 0.3 is 16.4 Å². The van der Waals surface area contributed by atoms with Crippen LogP contribution in [0.15, 0.2) is 0 Å². The molecule has 2 N–H and O–H groups in total. The number of carbonyl (C=O) groups is 3. The molecular weight excluding hydrogens is 379 g/mol. The molecule has 0 unspecified atom stereocenters. The molecule has 2 bridgehead atoms. The second-order valence-corrected chi connectivity index (χ2v) is 8.12. The summed E-state index contributed by atoms with van der Waals surface area (Å²) in [5, 5.41) is 3.61. The molecule has 3 aliphatic rings. The maximum absolute atomic E-state index is 12.7. The first kappa shape index (κ1) is 20.0. The molecule has 3 rings (SSSR count). The molecule has 3 fully saturated rings. The SMILES string of the molecule is O=CBN1CCC[C@@H](NC(=O)[C@@H]2CC[C@@H]3CN2C(=O)N3OS(=O)(=O)O)CC1. The lowest BCUT2D eigenvalue weighted by Gasteiger charge is -2.30. The second-order valence-electron chi connectivity index (χ2n) is 7.11. The Morgan fingerprint density at radius 2 is 2.04 bits per heavy atom. The highest BCUT2D eigenvalue weighted by molar-refractivity contribution is 7.80. The van der Waals surface area contributed by atoms with Gasteiger partial charge in [-0.2, -0.15) is 13.5 Å². The lowest BCUT2D eigenvalue weighted by molar-refractivity contribution is -0.126. The van der Waals surface area contributed by atoms with Gasteiger partial charge in [0, 0.05) is 12.6 Å². The Morgan fingerprint density at radius 3 is 2.74 bits per heavy atom. The molecule has 150 valence electrons. The summed E-state index contributed by atoms with van der Waals surface area (Å²) >= 11 is 0. The standard InChI is InChI=1S/C14H23BN4O7S/c20-9-15-17-6-1-2-10(5-7-17)16-13(21)12-4-3-11-8-18(12)14(22)19(11)26-27(23,24)25/h9-12,15H,1-8H2,(H,16,21)(H,23,24,25)/t10-,11-,12+/m1/s1. The second kappa shape index (κ2) is 8.13. The monoisotopic (exact) mass is 402 g/mol. The number of fused-ring (bicyclic) bond motifs is 2. The Hall–Kier alpha value is -1.70. The van der Waals surface area contributed by atoms with E-state index in [1.54, 1.807) is 0 Å². The smallest absolute Gasteiger partial charge is 0.352 e. The molecule has 0 aromatic carbocycles. The van der Waals surface area contributed by atoms with Crippen molar-refractivity contribution in [1.82, 2.24) is 20.1 Å². The van der Waals surface area contributed by atoms with E-state index in [1.165, 1.54) is 4.90 Å². The van der Waals surface area contributed by atoms with Crippen LogP contribution in [0, 0.1) is 0 Å². The van der Waals surface area contributed by atoms with E-state index < -0.39 is 28.5 Å². The summed E-state index contributed by atoms with van der Waals surface area (Å²) in [7, 11) is -4.42. The van der Waals surface area contributed by atoms with E-state index in [4.69, 9.17) is 4.55 Å². The molecule has 3 atom stereocenters. The molecule has 3 saturated heterocycles. The highest BCUT2D eigenvalue weighted by Gasteiger charge is 2.49. The minimum atomic E-state index is -4.81. The van der Waals surface area contributed by atoms with Crippen molar-refractivity contribution in [3.63, 3.8) is 0 Å². The zero-order valence-electron chi connectivity index (χ0n) is 14.8. The Labute approximate surface area is 158 Å². The van der Waals surface area contributed by atoms with Crippen LogP contribution < -0.4 is 5.32 Å². The summed E-state index contributed by atoms with van der Waals surface area (Å²) in [4.78, 5) is 39.1. The van der Waals surface area contributed by atoms with Crippen LogP contribution in [0.1, 0.15) is 32.1 Å². The molecule has 0 radical (unpaired) electrons. The van der Waals surface area contributed by atoms with Crippen LogP contribution in [-0.2, 0) is 24.3 Å². The molecule has 0 aromatic rings. The van der Waals surface area contributed by atoms with E-state index in [9.17, 15) is 22.8 Å². The first-order valence-electron chi connectivity index (χ1n) is 9.01. The van der Waals surface area contributed by atoms with E-state index in [2.05, 4.69) is 9.60 Å². The molecular formula is C14H23BN4O7S. The molecule has 3 aliphatic heterocycles. The topological polar surface area (TPSA) is 137 Å². The van der Waals surface area contributed by atoms with Crippen molar-refractivity contribution in [2.45, 2.75) is 50.2 Å². The number of hydroxylamine groups is 2. The zero-order chi connectivity index (χ0) is 19.6. The average molecular weight is 402 g/mol. The van der Waals surface area contributed by atoms with E-state index in [0.29, 0.717) is 25.3 Å². The number of nitrogens with zero attached hydrogens (tertiary/aromatic N) is 3. The minimum Gasteiger partial charge on any atom is -0.352 e. The van der Waals surface area contributed by atoms with Gasteiger partial charge in [0.25, 0.3) is 7.41 Å². The minimum absolute atomic E-state index is 0.0326.